The van der Waals surface area contributed by atoms with Crippen molar-refractivity contribution in [1.29, 1.82) is 0 Å². The van der Waals surface area contributed by atoms with E-state index < -0.39 is 0 Å². The minimum absolute atomic E-state index is 0.529. The molecular formula is C18H15BrO2. The molecule has 3 aromatic rings. The number of hydrogen-bond donors (Lipinski definition) is 0. The zero-order chi connectivity index (χ0) is 14.7. The van der Waals surface area contributed by atoms with Crippen LogP contribution in [0.1, 0.15) is 5.56 Å². The van der Waals surface area contributed by atoms with Crippen LogP contribution < -0.4 is 9.47 Å². The van der Waals surface area contributed by atoms with Gasteiger partial charge in [-0.3, -0.25) is 0 Å². The molecule has 0 spiro atoms. The molecule has 0 aliphatic carbocycles. The van der Waals surface area contributed by atoms with Crippen LogP contribution in [-0.4, -0.2) is 7.11 Å². The van der Waals surface area contributed by atoms with Gasteiger partial charge in [-0.2, -0.15) is 0 Å². The average molecular weight is 343 g/mol. The highest BCUT2D eigenvalue weighted by Gasteiger charge is 2.06. The smallest absolute Gasteiger partial charge is 0.134 e. The second-order valence-electron chi connectivity index (χ2n) is 4.74. The van der Waals surface area contributed by atoms with Gasteiger partial charge in [-0.15, -0.1) is 0 Å². The first-order valence-electron chi connectivity index (χ1n) is 6.71. The minimum Gasteiger partial charge on any atom is -0.497 e. The van der Waals surface area contributed by atoms with Crippen molar-refractivity contribution in [2.75, 3.05) is 7.11 Å². The Morgan fingerprint density at radius 3 is 2.43 bits per heavy atom. The molecule has 0 aliphatic heterocycles. The third-order valence-electron chi connectivity index (χ3n) is 3.38. The number of rotatable bonds is 4. The molecule has 0 fully saturated rings. The quantitative estimate of drug-likeness (QED) is 0.649. The van der Waals surface area contributed by atoms with Crippen molar-refractivity contribution in [2.45, 2.75) is 6.61 Å². The van der Waals surface area contributed by atoms with E-state index in [9.17, 15) is 0 Å². The molecule has 0 bridgehead atoms. The number of halogens is 1. The molecule has 0 aliphatic rings. The maximum Gasteiger partial charge on any atom is 0.134 e. The van der Waals surface area contributed by atoms with Crippen molar-refractivity contribution in [3.8, 4) is 11.5 Å². The Bertz CT molecular complexity index is 751. The molecule has 0 atom stereocenters. The van der Waals surface area contributed by atoms with Crippen molar-refractivity contribution in [3.63, 3.8) is 0 Å². The van der Waals surface area contributed by atoms with Gasteiger partial charge >= 0.3 is 0 Å². The summed E-state index contributed by atoms with van der Waals surface area (Å²) in [6.45, 7) is 0.529. The lowest BCUT2D eigenvalue weighted by molar-refractivity contribution is 0.304. The average Bonchev–Trinajstić information content (AvgIpc) is 2.55. The van der Waals surface area contributed by atoms with Crippen LogP contribution in [0.4, 0.5) is 0 Å². The molecular weight excluding hydrogens is 328 g/mol. The molecule has 0 saturated carbocycles. The van der Waals surface area contributed by atoms with Gasteiger partial charge in [0.1, 0.15) is 18.1 Å². The van der Waals surface area contributed by atoms with Crippen LogP contribution in [0, 0.1) is 0 Å². The largest absolute Gasteiger partial charge is 0.497 e. The fourth-order valence-electron chi connectivity index (χ4n) is 2.21. The summed E-state index contributed by atoms with van der Waals surface area (Å²) in [6.07, 6.45) is 0. The van der Waals surface area contributed by atoms with Crippen molar-refractivity contribution in [2.24, 2.45) is 0 Å². The maximum atomic E-state index is 5.92. The Hall–Kier alpha value is -2.00. The van der Waals surface area contributed by atoms with E-state index in [4.69, 9.17) is 9.47 Å². The Labute approximate surface area is 132 Å². The molecule has 0 N–H and O–H groups in total. The highest BCUT2D eigenvalue weighted by molar-refractivity contribution is 9.10. The lowest BCUT2D eigenvalue weighted by Gasteiger charge is -2.11. The van der Waals surface area contributed by atoms with Gasteiger partial charge < -0.3 is 9.47 Å². The van der Waals surface area contributed by atoms with E-state index >= 15 is 0 Å². The molecule has 0 amide bonds. The number of fused-ring (bicyclic) bond motifs is 1. The monoisotopic (exact) mass is 342 g/mol. The highest BCUT2D eigenvalue weighted by atomic mass is 79.9. The van der Waals surface area contributed by atoms with Gasteiger partial charge in [0.2, 0.25) is 0 Å². The van der Waals surface area contributed by atoms with E-state index in [-0.39, 0.29) is 0 Å². The van der Waals surface area contributed by atoms with Gasteiger partial charge in [0.15, 0.2) is 0 Å². The molecule has 3 rings (SSSR count). The van der Waals surface area contributed by atoms with Gasteiger partial charge in [0, 0.05) is 0 Å². The second kappa shape index (κ2) is 6.19. The summed E-state index contributed by atoms with van der Waals surface area (Å²) in [5.74, 6) is 1.70. The van der Waals surface area contributed by atoms with Gasteiger partial charge in [-0.05, 0) is 50.5 Å². The standard InChI is InChI=1S/C18H15BrO2/c1-20-15-9-6-13(7-10-15)12-21-17-11-8-14-4-2-3-5-16(14)18(17)19/h2-11H,12H2,1H3. The Kier molecular flexibility index (Phi) is 4.11. The van der Waals surface area contributed by atoms with E-state index in [1.807, 2.05) is 42.5 Å². The van der Waals surface area contributed by atoms with Crippen molar-refractivity contribution in [1.82, 2.24) is 0 Å². The van der Waals surface area contributed by atoms with Crippen molar-refractivity contribution >= 4 is 26.7 Å². The van der Waals surface area contributed by atoms with E-state index in [2.05, 4.69) is 34.1 Å². The molecule has 106 valence electrons. The molecule has 0 radical (unpaired) electrons. The first-order valence-corrected chi connectivity index (χ1v) is 7.50. The summed E-state index contributed by atoms with van der Waals surface area (Å²) in [4.78, 5) is 0. The topological polar surface area (TPSA) is 18.5 Å². The summed E-state index contributed by atoms with van der Waals surface area (Å²) >= 11 is 3.63. The Morgan fingerprint density at radius 2 is 1.67 bits per heavy atom. The molecule has 3 heteroatoms. The molecule has 21 heavy (non-hydrogen) atoms. The van der Waals surface area contributed by atoms with Gasteiger partial charge in [0.05, 0.1) is 11.6 Å². The first kappa shape index (κ1) is 14.0. The molecule has 2 nitrogen and oxygen atoms in total. The molecule has 0 unspecified atom stereocenters. The number of benzene rings is 3. The van der Waals surface area contributed by atoms with Gasteiger partial charge in [-0.25, -0.2) is 0 Å². The van der Waals surface area contributed by atoms with Crippen LogP contribution in [0.15, 0.2) is 65.1 Å². The van der Waals surface area contributed by atoms with E-state index in [0.29, 0.717) is 6.61 Å². The Balaban J connectivity index is 1.79. The first-order chi connectivity index (χ1) is 10.3. The fraction of sp³-hybridized carbons (Fsp3) is 0.111. The van der Waals surface area contributed by atoms with Crippen LogP contribution in [0.5, 0.6) is 11.5 Å². The molecule has 0 heterocycles. The fourth-order valence-corrected chi connectivity index (χ4v) is 2.82. The van der Waals surface area contributed by atoms with Crippen LogP contribution in [0.25, 0.3) is 10.8 Å². The van der Waals surface area contributed by atoms with Crippen LogP contribution >= 0.6 is 15.9 Å². The summed E-state index contributed by atoms with van der Waals surface area (Å²) in [5, 5.41) is 2.35. The highest BCUT2D eigenvalue weighted by Crippen LogP contribution is 2.33. The van der Waals surface area contributed by atoms with Crippen LogP contribution in [0.2, 0.25) is 0 Å². The van der Waals surface area contributed by atoms with Crippen LogP contribution in [-0.2, 0) is 6.61 Å². The van der Waals surface area contributed by atoms with Gasteiger partial charge in [0.25, 0.3) is 0 Å². The SMILES string of the molecule is COc1ccc(COc2ccc3ccccc3c2Br)cc1. The lowest BCUT2D eigenvalue weighted by Crippen LogP contribution is -1.96. The van der Waals surface area contributed by atoms with E-state index in [0.717, 1.165) is 26.9 Å². The van der Waals surface area contributed by atoms with Crippen molar-refractivity contribution < 1.29 is 9.47 Å². The molecule has 0 aromatic heterocycles. The maximum absolute atomic E-state index is 5.92. The van der Waals surface area contributed by atoms with Crippen LogP contribution in [0.3, 0.4) is 0 Å². The predicted molar refractivity (Wildman–Crippen MR) is 89.0 cm³/mol. The third kappa shape index (κ3) is 3.03. The van der Waals surface area contributed by atoms with Crippen molar-refractivity contribution in [3.05, 3.63) is 70.7 Å². The summed E-state index contributed by atoms with van der Waals surface area (Å²) in [6, 6.07) is 20.2. The number of ether oxygens (including phenoxy) is 2. The van der Waals surface area contributed by atoms with E-state index in [1.165, 1.54) is 5.39 Å². The summed E-state index contributed by atoms with van der Waals surface area (Å²) < 4.78 is 12.1. The summed E-state index contributed by atoms with van der Waals surface area (Å²) in [5.41, 5.74) is 1.11. The normalized spacial score (nSPS) is 10.6. The van der Waals surface area contributed by atoms with E-state index in [1.54, 1.807) is 7.11 Å². The predicted octanol–water partition coefficient (Wildman–Crippen LogP) is 5.19. The lowest BCUT2D eigenvalue weighted by atomic mass is 10.1. The zero-order valence-electron chi connectivity index (χ0n) is 11.7. The zero-order valence-corrected chi connectivity index (χ0v) is 13.3. The third-order valence-corrected chi connectivity index (χ3v) is 4.20. The second-order valence-corrected chi connectivity index (χ2v) is 5.53. The number of hydrogen-bond acceptors (Lipinski definition) is 2. The Morgan fingerprint density at radius 1 is 0.905 bits per heavy atom. The summed E-state index contributed by atoms with van der Waals surface area (Å²) in [7, 11) is 1.66. The minimum atomic E-state index is 0.529. The molecule has 0 saturated heterocycles. The van der Waals surface area contributed by atoms with Gasteiger partial charge in [-0.1, -0.05) is 42.5 Å². The molecule has 3 aromatic carbocycles. The number of methoxy groups -OCH3 is 1.